The monoisotopic (exact) mass is 267 g/mol. The Labute approximate surface area is 111 Å². The largest absolute Gasteiger partial charge is 0.494 e. The summed E-state index contributed by atoms with van der Waals surface area (Å²) in [4.78, 5) is 11.5. The van der Waals surface area contributed by atoms with Crippen molar-refractivity contribution in [2.75, 3.05) is 11.9 Å². The summed E-state index contributed by atoms with van der Waals surface area (Å²) >= 11 is 0. The molecule has 1 amide bonds. The fourth-order valence-electron chi connectivity index (χ4n) is 1.49. The van der Waals surface area contributed by atoms with E-state index in [2.05, 4.69) is 5.32 Å². The molecule has 5 heteroatoms. The molecule has 2 N–H and O–H groups in total. The summed E-state index contributed by atoms with van der Waals surface area (Å²) < 4.78 is 18.7. The van der Waals surface area contributed by atoms with Crippen LogP contribution in [0.1, 0.15) is 26.3 Å². The highest BCUT2D eigenvalue weighted by atomic mass is 19.1. The van der Waals surface area contributed by atoms with Crippen molar-refractivity contribution in [2.24, 2.45) is 0 Å². The van der Waals surface area contributed by atoms with Gasteiger partial charge in [-0.1, -0.05) is 0 Å². The molecular weight excluding hydrogens is 249 g/mol. The molecule has 0 heterocycles. The second-order valence-electron chi connectivity index (χ2n) is 4.18. The third-order valence-corrected chi connectivity index (χ3v) is 2.43. The van der Waals surface area contributed by atoms with Crippen LogP contribution in [0.3, 0.4) is 0 Å². The number of aliphatic hydroxyl groups is 1. The van der Waals surface area contributed by atoms with Crippen molar-refractivity contribution in [1.29, 1.82) is 0 Å². The van der Waals surface area contributed by atoms with Crippen molar-refractivity contribution in [2.45, 2.75) is 27.4 Å². The molecule has 0 unspecified atom stereocenters. The normalized spacial score (nSPS) is 9.95. The summed E-state index contributed by atoms with van der Waals surface area (Å²) in [7, 11) is 0. The van der Waals surface area contributed by atoms with Crippen molar-refractivity contribution in [3.8, 4) is 5.75 Å². The molecule has 104 valence electrons. The van der Waals surface area contributed by atoms with Crippen LogP contribution < -0.4 is 10.1 Å². The molecule has 0 saturated carbocycles. The van der Waals surface area contributed by atoms with Gasteiger partial charge in [0.1, 0.15) is 5.75 Å². The molecule has 0 radical (unpaired) electrons. The van der Waals surface area contributed by atoms with Gasteiger partial charge in [0.2, 0.25) is 0 Å². The fraction of sp³-hybridized carbons (Fsp3) is 0.357. The molecule has 0 fully saturated rings. The first-order valence-electron chi connectivity index (χ1n) is 6.00. The SMILES string of the molecule is CCOc1ccc(NC(=O)C(F)=C(C)C)cc1CO. The summed E-state index contributed by atoms with van der Waals surface area (Å²) in [6.07, 6.45) is 0. The Balaban J connectivity index is 2.92. The van der Waals surface area contributed by atoms with Crippen LogP contribution in [0.5, 0.6) is 5.75 Å². The number of carbonyl (C=O) groups is 1. The molecule has 1 rings (SSSR count). The molecule has 0 aliphatic heterocycles. The smallest absolute Gasteiger partial charge is 0.284 e. The molecular formula is C14H18FNO3. The molecule has 0 atom stereocenters. The second kappa shape index (κ2) is 6.89. The maximum atomic E-state index is 13.4. The van der Waals surface area contributed by atoms with Crippen LogP contribution in [0.25, 0.3) is 0 Å². The Morgan fingerprint density at radius 3 is 2.63 bits per heavy atom. The number of anilines is 1. The summed E-state index contributed by atoms with van der Waals surface area (Å²) in [5, 5.41) is 11.7. The van der Waals surface area contributed by atoms with Gasteiger partial charge in [0.15, 0.2) is 5.83 Å². The zero-order chi connectivity index (χ0) is 14.4. The van der Waals surface area contributed by atoms with Crippen LogP contribution in [-0.4, -0.2) is 17.6 Å². The lowest BCUT2D eigenvalue weighted by molar-refractivity contribution is -0.114. The number of allylic oxidation sites excluding steroid dienone is 1. The van der Waals surface area contributed by atoms with E-state index in [9.17, 15) is 14.3 Å². The van der Waals surface area contributed by atoms with E-state index in [0.717, 1.165) is 0 Å². The summed E-state index contributed by atoms with van der Waals surface area (Å²) in [6, 6.07) is 4.78. The minimum Gasteiger partial charge on any atom is -0.494 e. The van der Waals surface area contributed by atoms with Crippen molar-refractivity contribution >= 4 is 11.6 Å². The van der Waals surface area contributed by atoms with Crippen LogP contribution in [0.2, 0.25) is 0 Å². The van der Waals surface area contributed by atoms with Crippen molar-refractivity contribution in [1.82, 2.24) is 0 Å². The van der Waals surface area contributed by atoms with Crippen molar-refractivity contribution in [3.05, 3.63) is 35.2 Å². The lowest BCUT2D eigenvalue weighted by Crippen LogP contribution is -2.13. The summed E-state index contributed by atoms with van der Waals surface area (Å²) in [5.74, 6) is -1.06. The quantitative estimate of drug-likeness (QED) is 0.806. The number of aliphatic hydroxyl groups excluding tert-OH is 1. The number of rotatable bonds is 5. The maximum absolute atomic E-state index is 13.4. The van der Waals surface area contributed by atoms with Gasteiger partial charge in [0, 0.05) is 11.3 Å². The maximum Gasteiger partial charge on any atom is 0.284 e. The molecule has 1 aromatic rings. The third-order valence-electron chi connectivity index (χ3n) is 2.43. The Kier molecular flexibility index (Phi) is 5.51. The summed E-state index contributed by atoms with van der Waals surface area (Å²) in [6.45, 7) is 5.13. The van der Waals surface area contributed by atoms with Gasteiger partial charge >= 0.3 is 0 Å². The second-order valence-corrected chi connectivity index (χ2v) is 4.18. The highest BCUT2D eigenvalue weighted by Crippen LogP contribution is 2.23. The van der Waals surface area contributed by atoms with E-state index in [4.69, 9.17) is 4.74 Å². The zero-order valence-electron chi connectivity index (χ0n) is 11.3. The number of halogens is 1. The van der Waals surface area contributed by atoms with Gasteiger partial charge in [-0.2, -0.15) is 0 Å². The standard InChI is InChI=1S/C14H18FNO3/c1-4-19-12-6-5-11(7-10(12)8-17)16-14(18)13(15)9(2)3/h5-7,17H,4,8H2,1-3H3,(H,16,18). The van der Waals surface area contributed by atoms with Gasteiger partial charge in [-0.15, -0.1) is 0 Å². The fourth-order valence-corrected chi connectivity index (χ4v) is 1.49. The highest BCUT2D eigenvalue weighted by molar-refractivity contribution is 6.02. The van der Waals surface area contributed by atoms with E-state index in [1.807, 2.05) is 6.92 Å². The Hall–Kier alpha value is -1.88. The first kappa shape index (κ1) is 15.2. The van der Waals surface area contributed by atoms with E-state index in [-0.39, 0.29) is 6.61 Å². The predicted octanol–water partition coefficient (Wildman–Crippen LogP) is 2.78. The topological polar surface area (TPSA) is 58.6 Å². The minimum absolute atomic E-state index is 0.218. The number of benzene rings is 1. The average Bonchev–Trinajstić information content (AvgIpc) is 2.39. The number of carbonyl (C=O) groups excluding carboxylic acids is 1. The Morgan fingerprint density at radius 1 is 1.42 bits per heavy atom. The molecule has 0 aliphatic rings. The molecule has 19 heavy (non-hydrogen) atoms. The zero-order valence-corrected chi connectivity index (χ0v) is 11.3. The third kappa shape index (κ3) is 4.06. The van der Waals surface area contributed by atoms with Gasteiger partial charge in [0.05, 0.1) is 13.2 Å². The Bertz CT molecular complexity index is 493. The average molecular weight is 267 g/mol. The molecule has 0 spiro atoms. The molecule has 4 nitrogen and oxygen atoms in total. The van der Waals surface area contributed by atoms with Crippen LogP contribution in [0, 0.1) is 0 Å². The van der Waals surface area contributed by atoms with Crippen LogP contribution in [-0.2, 0) is 11.4 Å². The number of ether oxygens (including phenoxy) is 1. The van der Waals surface area contributed by atoms with E-state index in [1.165, 1.54) is 13.8 Å². The summed E-state index contributed by atoms with van der Waals surface area (Å²) in [5.41, 5.74) is 1.26. The van der Waals surface area contributed by atoms with Gasteiger partial charge in [0.25, 0.3) is 5.91 Å². The van der Waals surface area contributed by atoms with Crippen molar-refractivity contribution < 1.29 is 19.0 Å². The molecule has 0 aliphatic carbocycles. The lowest BCUT2D eigenvalue weighted by Gasteiger charge is -2.11. The first-order valence-corrected chi connectivity index (χ1v) is 6.00. The van der Waals surface area contributed by atoms with E-state index in [1.54, 1.807) is 18.2 Å². The van der Waals surface area contributed by atoms with Gasteiger partial charge in [-0.25, -0.2) is 4.39 Å². The van der Waals surface area contributed by atoms with E-state index in [0.29, 0.717) is 29.2 Å². The molecule has 1 aromatic carbocycles. The number of nitrogens with one attached hydrogen (secondary N) is 1. The highest BCUT2D eigenvalue weighted by Gasteiger charge is 2.12. The molecule has 0 saturated heterocycles. The molecule has 0 bridgehead atoms. The van der Waals surface area contributed by atoms with Crippen LogP contribution >= 0.6 is 0 Å². The number of hydrogen-bond donors (Lipinski definition) is 2. The van der Waals surface area contributed by atoms with Crippen LogP contribution in [0.4, 0.5) is 10.1 Å². The molecule has 0 aromatic heterocycles. The van der Waals surface area contributed by atoms with E-state index >= 15 is 0 Å². The van der Waals surface area contributed by atoms with Gasteiger partial charge in [-0.05, 0) is 44.5 Å². The predicted molar refractivity (Wildman–Crippen MR) is 71.6 cm³/mol. The van der Waals surface area contributed by atoms with Crippen LogP contribution in [0.15, 0.2) is 29.6 Å². The first-order chi connectivity index (χ1) is 8.99. The van der Waals surface area contributed by atoms with Gasteiger partial charge in [-0.3, -0.25) is 4.79 Å². The Morgan fingerprint density at radius 2 is 2.11 bits per heavy atom. The number of hydrogen-bond acceptors (Lipinski definition) is 3. The number of amides is 1. The minimum atomic E-state index is -0.806. The lowest BCUT2D eigenvalue weighted by atomic mass is 10.2. The van der Waals surface area contributed by atoms with Gasteiger partial charge < -0.3 is 15.2 Å². The van der Waals surface area contributed by atoms with E-state index < -0.39 is 11.7 Å². The van der Waals surface area contributed by atoms with Crippen molar-refractivity contribution in [3.63, 3.8) is 0 Å².